The number of epoxide rings is 1. The third-order valence-corrected chi connectivity index (χ3v) is 3.78. The van der Waals surface area contributed by atoms with Gasteiger partial charge in [-0.1, -0.05) is 18.2 Å². The number of anilines is 1. The molecule has 1 amide bonds. The Kier molecular flexibility index (Phi) is 3.69. The van der Waals surface area contributed by atoms with Crippen LogP contribution in [0.15, 0.2) is 36.7 Å². The fourth-order valence-corrected chi connectivity index (χ4v) is 2.68. The standard InChI is InChI=1S/C15H16ClN3O2/c1-10-5-3-6-11(2)13(10)19(12(20)9-16)15-14(21-15)18-8-4-7-17-18/h3-8,14-15H,9H2,1-2H3. The molecule has 0 aliphatic carbocycles. The molecular weight excluding hydrogens is 290 g/mol. The normalized spacial score (nSPS) is 20.3. The SMILES string of the molecule is Cc1cccc(C)c1N(C(=O)CCl)C1OC1n1cccn1. The highest BCUT2D eigenvalue weighted by atomic mass is 35.5. The summed E-state index contributed by atoms with van der Waals surface area (Å²) in [6.07, 6.45) is 2.88. The molecule has 0 spiro atoms. The van der Waals surface area contributed by atoms with Gasteiger partial charge in [0.1, 0.15) is 5.88 Å². The van der Waals surface area contributed by atoms with E-state index in [0.29, 0.717) is 0 Å². The van der Waals surface area contributed by atoms with Gasteiger partial charge in [-0.25, -0.2) is 4.68 Å². The van der Waals surface area contributed by atoms with Gasteiger partial charge >= 0.3 is 0 Å². The highest BCUT2D eigenvalue weighted by Crippen LogP contribution is 2.40. The summed E-state index contributed by atoms with van der Waals surface area (Å²) in [6.45, 7) is 3.95. The molecule has 1 aliphatic rings. The highest BCUT2D eigenvalue weighted by Gasteiger charge is 2.48. The summed E-state index contributed by atoms with van der Waals surface area (Å²) in [5.74, 6) is -0.256. The van der Waals surface area contributed by atoms with Gasteiger partial charge in [0.25, 0.3) is 0 Å². The zero-order chi connectivity index (χ0) is 15.0. The van der Waals surface area contributed by atoms with E-state index in [1.54, 1.807) is 15.8 Å². The average Bonchev–Trinajstić information content (AvgIpc) is 3.05. The Balaban J connectivity index is 1.95. The molecule has 0 bridgehead atoms. The van der Waals surface area contributed by atoms with Crippen molar-refractivity contribution in [2.45, 2.75) is 26.3 Å². The zero-order valence-corrected chi connectivity index (χ0v) is 12.6. The first-order valence-electron chi connectivity index (χ1n) is 6.72. The lowest BCUT2D eigenvalue weighted by atomic mass is 10.1. The van der Waals surface area contributed by atoms with Crippen molar-refractivity contribution >= 4 is 23.2 Å². The molecule has 110 valence electrons. The lowest BCUT2D eigenvalue weighted by Gasteiger charge is -2.24. The number of hydrogen-bond acceptors (Lipinski definition) is 3. The minimum absolute atomic E-state index is 0.0839. The summed E-state index contributed by atoms with van der Waals surface area (Å²) in [7, 11) is 0. The van der Waals surface area contributed by atoms with E-state index >= 15 is 0 Å². The minimum atomic E-state index is -0.365. The number of para-hydroxylation sites is 1. The molecule has 6 heteroatoms. The maximum Gasteiger partial charge on any atom is 0.244 e. The lowest BCUT2D eigenvalue weighted by molar-refractivity contribution is -0.116. The van der Waals surface area contributed by atoms with E-state index in [4.69, 9.17) is 16.3 Å². The molecule has 21 heavy (non-hydrogen) atoms. The van der Waals surface area contributed by atoms with Gasteiger partial charge in [0.05, 0.1) is 5.69 Å². The van der Waals surface area contributed by atoms with Gasteiger partial charge in [0.15, 0.2) is 12.5 Å². The summed E-state index contributed by atoms with van der Waals surface area (Å²) in [6, 6.07) is 7.74. The van der Waals surface area contributed by atoms with E-state index in [9.17, 15) is 4.79 Å². The van der Waals surface area contributed by atoms with Gasteiger partial charge in [-0.2, -0.15) is 5.10 Å². The van der Waals surface area contributed by atoms with Crippen LogP contribution < -0.4 is 4.90 Å². The first kappa shape index (κ1) is 14.1. The molecule has 0 N–H and O–H groups in total. The Hall–Kier alpha value is -1.85. The first-order valence-corrected chi connectivity index (χ1v) is 7.25. The number of benzene rings is 1. The van der Waals surface area contributed by atoms with E-state index < -0.39 is 0 Å². The molecule has 2 unspecified atom stereocenters. The van der Waals surface area contributed by atoms with Crippen LogP contribution in [-0.2, 0) is 9.53 Å². The number of halogens is 1. The van der Waals surface area contributed by atoms with E-state index in [2.05, 4.69) is 5.10 Å². The number of amides is 1. The van der Waals surface area contributed by atoms with Gasteiger partial charge in [0.2, 0.25) is 5.91 Å². The number of carbonyl (C=O) groups excluding carboxylic acids is 1. The molecule has 2 atom stereocenters. The zero-order valence-electron chi connectivity index (χ0n) is 11.9. The summed E-state index contributed by atoms with van der Waals surface area (Å²) in [5.41, 5.74) is 2.90. The van der Waals surface area contributed by atoms with Crippen LogP contribution in [0, 0.1) is 13.8 Å². The van der Waals surface area contributed by atoms with E-state index in [1.165, 1.54) is 0 Å². The Morgan fingerprint density at radius 1 is 1.38 bits per heavy atom. The summed E-state index contributed by atoms with van der Waals surface area (Å²) in [5, 5.41) is 4.16. The molecule has 1 aliphatic heterocycles. The van der Waals surface area contributed by atoms with Gasteiger partial charge in [-0.15, -0.1) is 11.6 Å². The van der Waals surface area contributed by atoms with Crippen LogP contribution in [0.1, 0.15) is 17.4 Å². The molecule has 1 saturated heterocycles. The van der Waals surface area contributed by atoms with Crippen LogP contribution in [0.4, 0.5) is 5.69 Å². The van der Waals surface area contributed by atoms with Crippen molar-refractivity contribution in [1.82, 2.24) is 9.78 Å². The second-order valence-electron chi connectivity index (χ2n) is 5.04. The molecule has 5 nitrogen and oxygen atoms in total. The minimum Gasteiger partial charge on any atom is -0.323 e. The van der Waals surface area contributed by atoms with Gasteiger partial charge < -0.3 is 4.74 Å². The monoisotopic (exact) mass is 305 g/mol. The van der Waals surface area contributed by atoms with Crippen molar-refractivity contribution in [2.75, 3.05) is 10.8 Å². The fourth-order valence-electron chi connectivity index (χ4n) is 2.55. The number of carbonyl (C=O) groups is 1. The second kappa shape index (κ2) is 5.50. The van der Waals surface area contributed by atoms with Crippen LogP contribution in [-0.4, -0.2) is 27.8 Å². The number of aromatic nitrogens is 2. The first-order chi connectivity index (χ1) is 10.1. The Bertz CT molecular complexity index is 637. The Morgan fingerprint density at radius 3 is 2.67 bits per heavy atom. The molecule has 1 fully saturated rings. The van der Waals surface area contributed by atoms with E-state index in [-0.39, 0.29) is 24.2 Å². The molecule has 3 rings (SSSR count). The van der Waals surface area contributed by atoms with Gasteiger partial charge in [-0.05, 0) is 31.0 Å². The molecule has 1 aromatic heterocycles. The Morgan fingerprint density at radius 2 is 2.10 bits per heavy atom. The maximum atomic E-state index is 12.3. The second-order valence-corrected chi connectivity index (χ2v) is 5.31. The predicted octanol–water partition coefficient (Wildman–Crippen LogP) is 2.63. The summed E-state index contributed by atoms with van der Waals surface area (Å²) in [4.78, 5) is 13.9. The van der Waals surface area contributed by atoms with Crippen LogP contribution in [0.2, 0.25) is 0 Å². The number of ether oxygens (including phenoxy) is 1. The number of aryl methyl sites for hydroxylation is 2. The van der Waals surface area contributed by atoms with Crippen molar-refractivity contribution in [3.63, 3.8) is 0 Å². The summed E-state index contributed by atoms with van der Waals surface area (Å²) < 4.78 is 7.36. The number of nitrogens with zero attached hydrogens (tertiary/aromatic N) is 3. The van der Waals surface area contributed by atoms with Gasteiger partial charge in [-0.3, -0.25) is 9.69 Å². The third-order valence-electron chi connectivity index (χ3n) is 3.55. The van der Waals surface area contributed by atoms with Crippen LogP contribution in [0.25, 0.3) is 0 Å². The molecule has 2 aromatic rings. The molecule has 0 radical (unpaired) electrons. The van der Waals surface area contributed by atoms with Crippen molar-refractivity contribution in [3.05, 3.63) is 47.8 Å². The van der Waals surface area contributed by atoms with E-state index in [0.717, 1.165) is 16.8 Å². The number of alkyl halides is 1. The van der Waals surface area contributed by atoms with E-state index in [1.807, 2.05) is 44.3 Å². The van der Waals surface area contributed by atoms with Crippen molar-refractivity contribution in [2.24, 2.45) is 0 Å². The summed E-state index contributed by atoms with van der Waals surface area (Å²) >= 11 is 5.78. The van der Waals surface area contributed by atoms with Crippen LogP contribution in [0.5, 0.6) is 0 Å². The fraction of sp³-hybridized carbons (Fsp3) is 0.333. The van der Waals surface area contributed by atoms with Crippen LogP contribution >= 0.6 is 11.6 Å². The Labute approximate surface area is 128 Å². The maximum absolute atomic E-state index is 12.3. The van der Waals surface area contributed by atoms with Crippen LogP contribution in [0.3, 0.4) is 0 Å². The number of hydrogen-bond donors (Lipinski definition) is 0. The lowest BCUT2D eigenvalue weighted by Crippen LogP contribution is -2.36. The largest absolute Gasteiger partial charge is 0.323 e. The third kappa shape index (κ3) is 2.54. The van der Waals surface area contributed by atoms with Crippen molar-refractivity contribution < 1.29 is 9.53 Å². The predicted molar refractivity (Wildman–Crippen MR) is 80.3 cm³/mol. The topological polar surface area (TPSA) is 50.7 Å². The quantitative estimate of drug-likeness (QED) is 0.644. The molecule has 0 saturated carbocycles. The molecular formula is C15H16ClN3O2. The average molecular weight is 306 g/mol. The molecule has 2 heterocycles. The van der Waals surface area contributed by atoms with Crippen molar-refractivity contribution in [1.29, 1.82) is 0 Å². The number of rotatable bonds is 4. The van der Waals surface area contributed by atoms with Crippen molar-refractivity contribution in [3.8, 4) is 0 Å². The smallest absolute Gasteiger partial charge is 0.244 e. The molecule has 1 aromatic carbocycles. The van der Waals surface area contributed by atoms with Gasteiger partial charge in [0, 0.05) is 12.4 Å². The highest BCUT2D eigenvalue weighted by molar-refractivity contribution is 6.29.